The summed E-state index contributed by atoms with van der Waals surface area (Å²) in [5.41, 5.74) is 2.70. The Morgan fingerprint density at radius 2 is 2.19 bits per heavy atom. The number of ether oxygens (including phenoxy) is 1. The average Bonchev–Trinajstić information content (AvgIpc) is 2.97. The lowest BCUT2D eigenvalue weighted by Crippen LogP contribution is -2.28. The van der Waals surface area contributed by atoms with Crippen molar-refractivity contribution in [3.63, 3.8) is 0 Å². The highest BCUT2D eigenvalue weighted by Gasteiger charge is 2.28. The van der Waals surface area contributed by atoms with E-state index in [1.54, 1.807) is 11.3 Å². The van der Waals surface area contributed by atoms with Crippen LogP contribution in [0.5, 0.6) is 0 Å². The first-order valence-electron chi connectivity index (χ1n) is 8.50. The van der Waals surface area contributed by atoms with Crippen LogP contribution in [0.25, 0.3) is 0 Å². The van der Waals surface area contributed by atoms with Crippen molar-refractivity contribution in [3.8, 4) is 0 Å². The number of thiophene rings is 1. The van der Waals surface area contributed by atoms with E-state index < -0.39 is 0 Å². The Morgan fingerprint density at radius 1 is 1.42 bits per heavy atom. The van der Waals surface area contributed by atoms with Crippen molar-refractivity contribution in [2.45, 2.75) is 32.7 Å². The van der Waals surface area contributed by atoms with Crippen molar-refractivity contribution in [1.82, 2.24) is 5.32 Å². The van der Waals surface area contributed by atoms with E-state index in [0.717, 1.165) is 35.4 Å². The van der Waals surface area contributed by atoms with Crippen LogP contribution in [0.3, 0.4) is 0 Å². The van der Waals surface area contributed by atoms with Gasteiger partial charge in [-0.15, -0.1) is 11.3 Å². The molecular formula is C19H21ClN2O2S2. The first kappa shape index (κ1) is 19.1. The van der Waals surface area contributed by atoms with Gasteiger partial charge in [-0.05, 0) is 54.6 Å². The molecule has 4 nitrogen and oxygen atoms in total. The lowest BCUT2D eigenvalue weighted by Gasteiger charge is -2.18. The van der Waals surface area contributed by atoms with Gasteiger partial charge in [0.1, 0.15) is 5.00 Å². The number of hydrogen-bond acceptors (Lipinski definition) is 4. The van der Waals surface area contributed by atoms with Crippen LogP contribution in [0, 0.1) is 5.92 Å². The van der Waals surface area contributed by atoms with Gasteiger partial charge >= 0.3 is 5.97 Å². The molecule has 1 unspecified atom stereocenters. The van der Waals surface area contributed by atoms with Gasteiger partial charge in [0.15, 0.2) is 5.11 Å². The Hall–Kier alpha value is -1.63. The normalized spacial score (nSPS) is 15.9. The molecule has 0 bridgehead atoms. The number of fused-ring (bicyclic) bond motifs is 1. The monoisotopic (exact) mass is 408 g/mol. The molecule has 1 aliphatic carbocycles. The SMILES string of the molecule is COC(=O)c1c(NC(=S)NCc2ccccc2Cl)sc2c1CCC(C)C2. The lowest BCUT2D eigenvalue weighted by molar-refractivity contribution is 0.0601. The van der Waals surface area contributed by atoms with Gasteiger partial charge in [-0.1, -0.05) is 36.7 Å². The zero-order valence-electron chi connectivity index (χ0n) is 14.7. The minimum atomic E-state index is -0.312. The number of nitrogens with one attached hydrogen (secondary N) is 2. The van der Waals surface area contributed by atoms with Gasteiger partial charge in [-0.3, -0.25) is 0 Å². The second-order valence-electron chi connectivity index (χ2n) is 6.45. The number of carbonyl (C=O) groups is 1. The largest absolute Gasteiger partial charge is 0.465 e. The summed E-state index contributed by atoms with van der Waals surface area (Å²) >= 11 is 13.2. The topological polar surface area (TPSA) is 50.4 Å². The summed E-state index contributed by atoms with van der Waals surface area (Å²) in [5, 5.41) is 8.24. The van der Waals surface area contributed by atoms with Crippen molar-refractivity contribution >= 4 is 51.2 Å². The number of thiocarbonyl (C=S) groups is 1. The van der Waals surface area contributed by atoms with E-state index in [4.69, 9.17) is 28.6 Å². The Labute approximate surface area is 167 Å². The molecule has 26 heavy (non-hydrogen) atoms. The second-order valence-corrected chi connectivity index (χ2v) is 8.37. The Morgan fingerprint density at radius 3 is 2.92 bits per heavy atom. The van der Waals surface area contributed by atoms with E-state index in [-0.39, 0.29) is 5.97 Å². The molecule has 0 amide bonds. The van der Waals surface area contributed by atoms with E-state index in [9.17, 15) is 4.79 Å². The second kappa shape index (κ2) is 8.37. The van der Waals surface area contributed by atoms with Crippen molar-refractivity contribution in [1.29, 1.82) is 0 Å². The number of esters is 1. The van der Waals surface area contributed by atoms with Gasteiger partial charge in [-0.2, -0.15) is 0 Å². The van der Waals surface area contributed by atoms with Gasteiger partial charge in [0.2, 0.25) is 0 Å². The van der Waals surface area contributed by atoms with Gasteiger partial charge < -0.3 is 15.4 Å². The fourth-order valence-corrected chi connectivity index (χ4v) is 4.97. The highest BCUT2D eigenvalue weighted by molar-refractivity contribution is 7.80. The molecular weight excluding hydrogens is 388 g/mol. The summed E-state index contributed by atoms with van der Waals surface area (Å²) in [5.74, 6) is 0.318. The molecule has 0 saturated carbocycles. The van der Waals surface area contributed by atoms with Crippen LogP contribution >= 0.6 is 35.2 Å². The summed E-state index contributed by atoms with van der Waals surface area (Å²) in [6, 6.07) is 7.62. The standard InChI is InChI=1S/C19H21ClN2O2S2/c1-11-7-8-13-15(9-11)26-17(16(13)18(23)24-2)22-19(25)21-10-12-5-3-4-6-14(12)20/h3-6,11H,7-10H2,1-2H3,(H2,21,22,25). The number of benzene rings is 1. The maximum Gasteiger partial charge on any atom is 0.341 e. The molecule has 3 rings (SSSR count). The molecule has 2 aromatic rings. The van der Waals surface area contributed by atoms with Gasteiger partial charge in [0, 0.05) is 16.4 Å². The number of carbonyl (C=O) groups excluding carboxylic acids is 1. The fraction of sp³-hybridized carbons (Fsp3) is 0.368. The minimum absolute atomic E-state index is 0.312. The molecule has 1 aromatic carbocycles. The van der Waals surface area contributed by atoms with Crippen molar-refractivity contribution in [2.75, 3.05) is 12.4 Å². The van der Waals surface area contributed by atoms with Gasteiger partial charge in [0.25, 0.3) is 0 Å². The maximum absolute atomic E-state index is 12.3. The molecule has 0 spiro atoms. The van der Waals surface area contributed by atoms with E-state index in [1.165, 1.54) is 12.0 Å². The van der Waals surface area contributed by atoms with Crippen LogP contribution in [-0.2, 0) is 24.1 Å². The molecule has 1 atom stereocenters. The molecule has 138 valence electrons. The highest BCUT2D eigenvalue weighted by atomic mass is 35.5. The molecule has 0 saturated heterocycles. The molecule has 1 aromatic heterocycles. The van der Waals surface area contributed by atoms with Crippen LogP contribution < -0.4 is 10.6 Å². The fourth-order valence-electron chi connectivity index (χ4n) is 3.12. The number of halogens is 1. The Bertz CT molecular complexity index is 835. The van der Waals surface area contributed by atoms with Crippen LogP contribution in [0.4, 0.5) is 5.00 Å². The third-order valence-electron chi connectivity index (χ3n) is 4.53. The van der Waals surface area contributed by atoms with Crippen molar-refractivity contribution in [3.05, 3.63) is 50.9 Å². The first-order chi connectivity index (χ1) is 12.5. The highest BCUT2D eigenvalue weighted by Crippen LogP contribution is 2.40. The zero-order chi connectivity index (χ0) is 18.7. The molecule has 0 radical (unpaired) electrons. The third-order valence-corrected chi connectivity index (χ3v) is 6.31. The molecule has 0 aliphatic heterocycles. The van der Waals surface area contributed by atoms with Gasteiger partial charge in [-0.25, -0.2) is 4.79 Å². The molecule has 0 fully saturated rings. The predicted molar refractivity (Wildman–Crippen MR) is 111 cm³/mol. The minimum Gasteiger partial charge on any atom is -0.465 e. The van der Waals surface area contributed by atoms with Crippen LogP contribution in [0.2, 0.25) is 5.02 Å². The number of methoxy groups -OCH3 is 1. The summed E-state index contributed by atoms with van der Waals surface area (Å²) in [6.07, 6.45) is 2.98. The van der Waals surface area contributed by atoms with Crippen molar-refractivity contribution in [2.24, 2.45) is 5.92 Å². The van der Waals surface area contributed by atoms with Gasteiger partial charge in [0.05, 0.1) is 12.7 Å². The number of anilines is 1. The molecule has 1 aliphatic rings. The van der Waals surface area contributed by atoms with E-state index in [2.05, 4.69) is 17.6 Å². The smallest absolute Gasteiger partial charge is 0.341 e. The molecule has 7 heteroatoms. The Balaban J connectivity index is 1.75. The lowest BCUT2D eigenvalue weighted by atomic mass is 9.88. The summed E-state index contributed by atoms with van der Waals surface area (Å²) < 4.78 is 5.00. The number of rotatable bonds is 4. The van der Waals surface area contributed by atoms with E-state index in [1.807, 2.05) is 24.3 Å². The average molecular weight is 409 g/mol. The predicted octanol–water partition coefficient (Wildman–Crippen LogP) is 4.80. The molecule has 2 N–H and O–H groups in total. The van der Waals surface area contributed by atoms with Crippen molar-refractivity contribution < 1.29 is 9.53 Å². The summed E-state index contributed by atoms with van der Waals surface area (Å²) in [6.45, 7) is 2.75. The van der Waals surface area contributed by atoms with E-state index >= 15 is 0 Å². The van der Waals surface area contributed by atoms with Crippen LogP contribution in [-0.4, -0.2) is 18.2 Å². The maximum atomic E-state index is 12.3. The number of hydrogen-bond donors (Lipinski definition) is 2. The molecule has 1 heterocycles. The Kier molecular flexibility index (Phi) is 6.16. The van der Waals surface area contributed by atoms with Crippen LogP contribution in [0.1, 0.15) is 39.7 Å². The quantitative estimate of drug-likeness (QED) is 0.562. The first-order valence-corrected chi connectivity index (χ1v) is 10.1. The zero-order valence-corrected chi connectivity index (χ0v) is 17.1. The third kappa shape index (κ3) is 4.19. The van der Waals surface area contributed by atoms with Crippen LogP contribution in [0.15, 0.2) is 24.3 Å². The summed E-state index contributed by atoms with van der Waals surface area (Å²) in [4.78, 5) is 13.6. The van der Waals surface area contributed by atoms with E-state index in [0.29, 0.717) is 28.2 Å². The summed E-state index contributed by atoms with van der Waals surface area (Å²) in [7, 11) is 1.41.